The van der Waals surface area contributed by atoms with E-state index >= 15 is 0 Å². The summed E-state index contributed by atoms with van der Waals surface area (Å²) in [5.74, 6) is -0.479. The predicted molar refractivity (Wildman–Crippen MR) is 328 cm³/mol. The summed E-state index contributed by atoms with van der Waals surface area (Å²) in [6, 6.07) is -0.840. The van der Waals surface area contributed by atoms with Gasteiger partial charge in [0.1, 0.15) is 19.3 Å². The van der Waals surface area contributed by atoms with E-state index in [0.29, 0.717) is 23.9 Å². The Balaban J connectivity index is 5.14. The number of phosphoric ester groups is 1. The van der Waals surface area contributed by atoms with Crippen LogP contribution in [0.2, 0.25) is 0 Å². The van der Waals surface area contributed by atoms with Crippen molar-refractivity contribution >= 4 is 19.7 Å². The fourth-order valence-electron chi connectivity index (χ4n) is 10.3. The Bertz CT molecular complexity index is 1310. The molecule has 3 unspecified atom stereocenters. The van der Waals surface area contributed by atoms with E-state index in [1.54, 1.807) is 0 Å². The molecule has 2 N–H and O–H groups in total. The normalized spacial score (nSPS) is 13.6. The number of nitrogens with zero attached hydrogens (tertiary/aromatic N) is 1. The van der Waals surface area contributed by atoms with Crippen LogP contribution in [0.1, 0.15) is 348 Å². The molecule has 0 aromatic carbocycles. The molecule has 0 aromatic rings. The largest absolute Gasteiger partial charge is 0.472 e. The highest BCUT2D eigenvalue weighted by molar-refractivity contribution is 7.47. The second-order valence-electron chi connectivity index (χ2n) is 24.4. The molecule has 0 aromatic heterocycles. The van der Waals surface area contributed by atoms with Crippen molar-refractivity contribution < 1.29 is 37.3 Å². The summed E-state index contributed by atoms with van der Waals surface area (Å²) in [4.78, 5) is 37.8. The summed E-state index contributed by atoms with van der Waals surface area (Å²) in [6.07, 6.45) is 66.4. The minimum absolute atomic E-state index is 0.0460. The van der Waals surface area contributed by atoms with Gasteiger partial charge in [-0.25, -0.2) is 4.57 Å². The van der Waals surface area contributed by atoms with Crippen LogP contribution in [0.3, 0.4) is 0 Å². The number of amides is 1. The van der Waals surface area contributed by atoms with Gasteiger partial charge in [0.2, 0.25) is 5.91 Å². The van der Waals surface area contributed by atoms with E-state index in [4.69, 9.17) is 13.8 Å². The van der Waals surface area contributed by atoms with Crippen LogP contribution in [0.4, 0.5) is 0 Å². The highest BCUT2D eigenvalue weighted by atomic mass is 31.2. The summed E-state index contributed by atoms with van der Waals surface area (Å²) >= 11 is 0. The molecule has 0 aliphatic carbocycles. The molecule has 0 fully saturated rings. The first-order valence-corrected chi connectivity index (χ1v) is 35.0. The van der Waals surface area contributed by atoms with Crippen LogP contribution in [0.25, 0.3) is 0 Å². The number of allylic oxidation sites excluding steroid dienone is 1. The molecule has 0 spiro atoms. The second kappa shape index (κ2) is 57.0. The van der Waals surface area contributed by atoms with E-state index in [1.807, 2.05) is 27.2 Å². The van der Waals surface area contributed by atoms with Crippen molar-refractivity contribution in [1.82, 2.24) is 5.32 Å². The first-order chi connectivity index (χ1) is 36.9. The number of ether oxygens (including phenoxy) is 1. The van der Waals surface area contributed by atoms with Crippen molar-refractivity contribution in [2.45, 2.75) is 360 Å². The molecular formula is C66H132N2O7P+. The number of rotatable bonds is 62. The van der Waals surface area contributed by atoms with Crippen molar-refractivity contribution in [3.63, 3.8) is 0 Å². The first-order valence-electron chi connectivity index (χ1n) is 33.5. The monoisotopic (exact) mass is 1100 g/mol. The third kappa shape index (κ3) is 57.4. The van der Waals surface area contributed by atoms with E-state index in [0.717, 1.165) is 57.8 Å². The zero-order valence-corrected chi connectivity index (χ0v) is 52.7. The SMILES string of the molecule is CCCCCCCCCCCCC/C=C/C(OC(=O)CCCCCCCCCCCCCCCCCCCCCCC)C(COP(=O)(O)OCC[N+](C)(C)C)NC(=O)CCCCCCCCCCCCCCCCCC. The maximum absolute atomic E-state index is 13.6. The second-order valence-corrected chi connectivity index (χ2v) is 25.8. The smallest absolute Gasteiger partial charge is 0.456 e. The summed E-state index contributed by atoms with van der Waals surface area (Å²) in [7, 11) is 1.52. The molecule has 0 bridgehead atoms. The molecule has 0 saturated carbocycles. The zero-order valence-electron chi connectivity index (χ0n) is 51.8. The minimum Gasteiger partial charge on any atom is -0.456 e. The van der Waals surface area contributed by atoms with Gasteiger partial charge in [0.25, 0.3) is 0 Å². The Labute approximate surface area is 473 Å². The van der Waals surface area contributed by atoms with Crippen molar-refractivity contribution in [3.05, 3.63) is 12.2 Å². The Morgan fingerprint density at radius 2 is 0.750 bits per heavy atom. The quantitative estimate of drug-likeness (QED) is 0.0205. The number of hydrogen-bond acceptors (Lipinski definition) is 6. The Morgan fingerprint density at radius 1 is 0.447 bits per heavy atom. The number of quaternary nitrogens is 1. The van der Waals surface area contributed by atoms with E-state index in [1.165, 1.54) is 257 Å². The van der Waals surface area contributed by atoms with Crippen LogP contribution in [0, 0.1) is 0 Å². The standard InChI is InChI=1S/C66H131N2O7P/c1-7-10-13-16-19-22-25-28-30-32-33-34-35-36-38-41-44-47-50-53-56-59-66(70)75-64(57-54-51-48-45-42-39-27-24-21-18-15-12-9-3)63(62-74-76(71,72)73-61-60-68(4,5)6)67-65(69)58-55-52-49-46-43-40-37-31-29-26-23-20-17-14-11-8-2/h54,57,63-64H,7-53,55-56,58-62H2,1-6H3,(H-,67,69,71,72)/p+1/b57-54+. The number of esters is 1. The van der Waals surface area contributed by atoms with Crippen molar-refractivity contribution in [3.8, 4) is 0 Å². The molecule has 3 atom stereocenters. The third-order valence-electron chi connectivity index (χ3n) is 15.5. The first kappa shape index (κ1) is 74.8. The lowest BCUT2D eigenvalue weighted by Crippen LogP contribution is -2.47. The van der Waals surface area contributed by atoms with Crippen molar-refractivity contribution in [2.24, 2.45) is 0 Å². The van der Waals surface area contributed by atoms with Crippen LogP contribution >= 0.6 is 7.82 Å². The van der Waals surface area contributed by atoms with Gasteiger partial charge in [0.15, 0.2) is 0 Å². The van der Waals surface area contributed by atoms with Crippen LogP contribution < -0.4 is 5.32 Å². The number of phosphoric acid groups is 1. The molecule has 0 aliphatic rings. The van der Waals surface area contributed by atoms with Crippen LogP contribution in [0.15, 0.2) is 12.2 Å². The topological polar surface area (TPSA) is 111 Å². The zero-order chi connectivity index (χ0) is 55.7. The summed E-state index contributed by atoms with van der Waals surface area (Å²) in [5, 5.41) is 3.07. The summed E-state index contributed by atoms with van der Waals surface area (Å²) < 4.78 is 30.8. The van der Waals surface area contributed by atoms with Gasteiger partial charge < -0.3 is 19.4 Å². The number of carbonyl (C=O) groups excluding carboxylic acids is 2. The Hall–Kier alpha value is -1.25. The lowest BCUT2D eigenvalue weighted by Gasteiger charge is -2.27. The summed E-state index contributed by atoms with van der Waals surface area (Å²) in [5.41, 5.74) is 0. The molecule has 0 saturated heterocycles. The van der Waals surface area contributed by atoms with Gasteiger partial charge in [0, 0.05) is 12.8 Å². The molecule has 0 heterocycles. The average molecular weight is 1100 g/mol. The van der Waals surface area contributed by atoms with Gasteiger partial charge in [-0.15, -0.1) is 0 Å². The maximum atomic E-state index is 13.6. The van der Waals surface area contributed by atoms with E-state index in [9.17, 15) is 19.0 Å². The highest BCUT2D eigenvalue weighted by Gasteiger charge is 2.30. The van der Waals surface area contributed by atoms with Gasteiger partial charge in [-0.3, -0.25) is 18.6 Å². The molecule has 452 valence electrons. The number of unbranched alkanes of at least 4 members (excludes halogenated alkanes) is 46. The molecule has 1 amide bonds. The average Bonchev–Trinajstić information content (AvgIpc) is 3.38. The van der Waals surface area contributed by atoms with Gasteiger partial charge in [-0.05, 0) is 31.8 Å². The fourth-order valence-corrected chi connectivity index (χ4v) is 11.0. The van der Waals surface area contributed by atoms with Crippen LogP contribution in [-0.2, 0) is 27.9 Å². The maximum Gasteiger partial charge on any atom is 0.472 e. The highest BCUT2D eigenvalue weighted by Crippen LogP contribution is 2.43. The summed E-state index contributed by atoms with van der Waals surface area (Å²) in [6.45, 7) is 7.08. The van der Waals surface area contributed by atoms with E-state index < -0.39 is 20.0 Å². The minimum atomic E-state index is -4.44. The number of likely N-dealkylation sites (N-methyl/N-ethyl adjacent to an activating group) is 1. The van der Waals surface area contributed by atoms with E-state index in [2.05, 4.69) is 32.2 Å². The van der Waals surface area contributed by atoms with Gasteiger partial charge in [-0.2, -0.15) is 0 Å². The fraction of sp³-hybridized carbons (Fsp3) is 0.939. The lowest BCUT2D eigenvalue weighted by molar-refractivity contribution is -0.870. The molecule has 0 rings (SSSR count). The van der Waals surface area contributed by atoms with Crippen LogP contribution in [-0.4, -0.2) is 74.3 Å². The van der Waals surface area contributed by atoms with E-state index in [-0.39, 0.29) is 25.1 Å². The third-order valence-corrected chi connectivity index (χ3v) is 16.5. The molecular weight excluding hydrogens is 964 g/mol. The number of carbonyl (C=O) groups is 2. The molecule has 0 aliphatic heterocycles. The van der Waals surface area contributed by atoms with Gasteiger partial charge >= 0.3 is 13.8 Å². The van der Waals surface area contributed by atoms with Gasteiger partial charge in [0.05, 0.1) is 33.8 Å². The van der Waals surface area contributed by atoms with Crippen molar-refractivity contribution in [1.29, 1.82) is 0 Å². The number of hydrogen-bond donors (Lipinski definition) is 2. The Kier molecular flexibility index (Phi) is 56.1. The Morgan fingerprint density at radius 3 is 1.08 bits per heavy atom. The number of nitrogens with one attached hydrogen (secondary N) is 1. The molecule has 9 nitrogen and oxygen atoms in total. The molecule has 76 heavy (non-hydrogen) atoms. The predicted octanol–water partition coefficient (Wildman–Crippen LogP) is 20.7. The van der Waals surface area contributed by atoms with Crippen LogP contribution in [0.5, 0.6) is 0 Å². The van der Waals surface area contributed by atoms with Crippen molar-refractivity contribution in [2.75, 3.05) is 40.9 Å². The van der Waals surface area contributed by atoms with Gasteiger partial charge in [-0.1, -0.05) is 316 Å². The lowest BCUT2D eigenvalue weighted by atomic mass is 10.0. The molecule has 10 heteroatoms. The molecule has 0 radical (unpaired) electrons.